The van der Waals surface area contributed by atoms with Gasteiger partial charge in [-0.25, -0.2) is 4.39 Å². The van der Waals surface area contributed by atoms with Gasteiger partial charge in [0, 0.05) is 31.9 Å². The second-order valence-electron chi connectivity index (χ2n) is 9.66. The first-order valence-corrected chi connectivity index (χ1v) is 11.7. The fourth-order valence-corrected chi connectivity index (χ4v) is 5.00. The van der Waals surface area contributed by atoms with E-state index in [1.165, 1.54) is 17.2 Å². The molecular formula is C27H33FN4O. The van der Waals surface area contributed by atoms with Crippen LogP contribution in [0.1, 0.15) is 38.6 Å². The van der Waals surface area contributed by atoms with Gasteiger partial charge in [-0.05, 0) is 67.8 Å². The second kappa shape index (κ2) is 10.4. The zero-order valence-electron chi connectivity index (χ0n) is 19.9. The van der Waals surface area contributed by atoms with Crippen molar-refractivity contribution < 1.29 is 8.81 Å². The van der Waals surface area contributed by atoms with Crippen LogP contribution in [-0.4, -0.2) is 33.7 Å². The maximum atomic E-state index is 14.1. The van der Waals surface area contributed by atoms with Crippen LogP contribution in [0.25, 0.3) is 11.5 Å². The lowest BCUT2D eigenvalue weighted by molar-refractivity contribution is 0.173. The van der Waals surface area contributed by atoms with Crippen LogP contribution in [0.15, 0.2) is 64.9 Å². The van der Waals surface area contributed by atoms with E-state index >= 15 is 0 Å². The number of allylic oxidation sites excluding steroid dienone is 1. The molecule has 1 aromatic carbocycles. The maximum absolute atomic E-state index is 14.1. The van der Waals surface area contributed by atoms with E-state index in [1.807, 2.05) is 18.5 Å². The molecule has 0 fully saturated rings. The molecule has 2 heterocycles. The Bertz CT molecular complexity index is 1080. The second-order valence-corrected chi connectivity index (χ2v) is 9.66. The van der Waals surface area contributed by atoms with Crippen LogP contribution < -0.4 is 0 Å². The van der Waals surface area contributed by atoms with Gasteiger partial charge in [0.2, 0.25) is 5.89 Å². The maximum Gasteiger partial charge on any atom is 0.250 e. The van der Waals surface area contributed by atoms with E-state index in [1.54, 1.807) is 18.2 Å². The summed E-state index contributed by atoms with van der Waals surface area (Å²) in [7, 11) is 2.18. The minimum absolute atomic E-state index is 0.246. The van der Waals surface area contributed by atoms with Crippen LogP contribution in [0.2, 0.25) is 0 Å². The third kappa shape index (κ3) is 5.74. The van der Waals surface area contributed by atoms with Gasteiger partial charge < -0.3 is 9.32 Å². The quantitative estimate of drug-likeness (QED) is 0.408. The van der Waals surface area contributed by atoms with E-state index < -0.39 is 0 Å². The zero-order chi connectivity index (χ0) is 23.4. The number of pyridine rings is 1. The molecule has 6 heteroatoms. The van der Waals surface area contributed by atoms with Crippen molar-refractivity contribution in [1.82, 2.24) is 20.1 Å². The molecule has 3 aromatic rings. The van der Waals surface area contributed by atoms with E-state index in [2.05, 4.69) is 60.0 Å². The van der Waals surface area contributed by atoms with Crippen LogP contribution in [0.3, 0.4) is 0 Å². The Morgan fingerprint density at radius 2 is 1.97 bits per heavy atom. The minimum atomic E-state index is -0.348. The van der Waals surface area contributed by atoms with Gasteiger partial charge in [-0.3, -0.25) is 4.98 Å². The lowest BCUT2D eigenvalue weighted by Crippen LogP contribution is -2.35. The van der Waals surface area contributed by atoms with Gasteiger partial charge in [0.1, 0.15) is 5.82 Å². The summed E-state index contributed by atoms with van der Waals surface area (Å²) in [6, 6.07) is 10.6. The molecule has 3 atom stereocenters. The normalized spacial score (nSPS) is 20.9. The monoisotopic (exact) mass is 448 g/mol. The number of halogens is 1. The van der Waals surface area contributed by atoms with Gasteiger partial charge in [-0.2, -0.15) is 0 Å². The molecular weight excluding hydrogens is 415 g/mol. The molecule has 2 aromatic heterocycles. The number of nitrogens with zero attached hydrogens (tertiary/aromatic N) is 4. The molecule has 5 nitrogen and oxygen atoms in total. The summed E-state index contributed by atoms with van der Waals surface area (Å²) in [5.74, 6) is 2.47. The van der Waals surface area contributed by atoms with Crippen molar-refractivity contribution in [1.29, 1.82) is 0 Å². The van der Waals surface area contributed by atoms with E-state index in [0.717, 1.165) is 19.5 Å². The smallest absolute Gasteiger partial charge is 0.250 e. The van der Waals surface area contributed by atoms with Gasteiger partial charge in [0.15, 0.2) is 0 Å². The number of benzene rings is 1. The Hall–Kier alpha value is -2.86. The van der Waals surface area contributed by atoms with Crippen molar-refractivity contribution >= 4 is 0 Å². The minimum Gasteiger partial charge on any atom is -0.421 e. The third-order valence-electron chi connectivity index (χ3n) is 6.77. The predicted molar refractivity (Wildman–Crippen MR) is 128 cm³/mol. The Morgan fingerprint density at radius 3 is 2.70 bits per heavy atom. The number of hydrogen-bond donors (Lipinski definition) is 0. The van der Waals surface area contributed by atoms with Gasteiger partial charge in [-0.1, -0.05) is 43.7 Å². The lowest BCUT2D eigenvalue weighted by atomic mass is 9.69. The van der Waals surface area contributed by atoms with Crippen LogP contribution in [-0.2, 0) is 13.0 Å². The first-order chi connectivity index (χ1) is 15.9. The van der Waals surface area contributed by atoms with E-state index in [-0.39, 0.29) is 11.7 Å². The first kappa shape index (κ1) is 23.3. The summed E-state index contributed by atoms with van der Waals surface area (Å²) in [5, 5.41) is 8.32. The molecule has 0 radical (unpaired) electrons. The van der Waals surface area contributed by atoms with Crippen molar-refractivity contribution in [2.75, 3.05) is 13.6 Å². The summed E-state index contributed by atoms with van der Waals surface area (Å²) in [5.41, 5.74) is 2.96. The third-order valence-corrected chi connectivity index (χ3v) is 6.77. The summed E-state index contributed by atoms with van der Waals surface area (Å²) < 4.78 is 19.9. The van der Waals surface area contributed by atoms with Gasteiger partial charge in [0.25, 0.3) is 5.89 Å². The Morgan fingerprint density at radius 1 is 1.15 bits per heavy atom. The molecule has 0 spiro atoms. The van der Waals surface area contributed by atoms with Crippen molar-refractivity contribution in [3.8, 4) is 11.5 Å². The summed E-state index contributed by atoms with van der Waals surface area (Å²) in [6.45, 7) is 8.75. The Labute approximate surface area is 195 Å². The van der Waals surface area contributed by atoms with Crippen LogP contribution >= 0.6 is 0 Å². The van der Waals surface area contributed by atoms with Crippen LogP contribution in [0.5, 0.6) is 0 Å². The van der Waals surface area contributed by atoms with Crippen LogP contribution in [0.4, 0.5) is 4.39 Å². The predicted octanol–water partition coefficient (Wildman–Crippen LogP) is 5.80. The van der Waals surface area contributed by atoms with E-state index in [4.69, 9.17) is 4.42 Å². The standard InChI is InChI=1S/C27H33FN4O/c1-18(2)24-13-21(14-26-30-31-27(33-26)23-9-5-6-10-25(23)28)19(3)12-22(24)17-32(4)16-20-8-7-11-29-15-20/h5-12,15,18,21-22,24H,13-14,16-17H2,1-4H3. The van der Waals surface area contributed by atoms with Gasteiger partial charge in [0.05, 0.1) is 5.56 Å². The highest BCUT2D eigenvalue weighted by atomic mass is 19.1. The topological polar surface area (TPSA) is 55.1 Å². The van der Waals surface area contributed by atoms with Crippen molar-refractivity contribution in [3.05, 3.63) is 77.7 Å². The molecule has 3 unspecified atom stereocenters. The average Bonchev–Trinajstić information content (AvgIpc) is 3.24. The van der Waals surface area contributed by atoms with Crippen molar-refractivity contribution in [2.45, 2.75) is 40.2 Å². The van der Waals surface area contributed by atoms with Crippen LogP contribution in [0, 0.1) is 29.5 Å². The molecule has 1 aliphatic carbocycles. The fraction of sp³-hybridized carbons (Fsp3) is 0.444. The highest BCUT2D eigenvalue weighted by molar-refractivity contribution is 5.53. The largest absolute Gasteiger partial charge is 0.421 e. The summed E-state index contributed by atoms with van der Waals surface area (Å²) in [6.07, 6.45) is 7.98. The molecule has 4 rings (SSSR count). The Balaban J connectivity index is 1.45. The molecule has 0 saturated carbocycles. The van der Waals surface area contributed by atoms with Crippen molar-refractivity contribution in [3.63, 3.8) is 0 Å². The van der Waals surface area contributed by atoms with Gasteiger partial charge >= 0.3 is 0 Å². The molecule has 0 saturated heterocycles. The van der Waals surface area contributed by atoms with E-state index in [9.17, 15) is 4.39 Å². The number of aromatic nitrogens is 3. The molecule has 0 N–H and O–H groups in total. The van der Waals surface area contributed by atoms with Crippen molar-refractivity contribution in [2.24, 2.45) is 23.7 Å². The first-order valence-electron chi connectivity index (χ1n) is 11.7. The molecule has 0 amide bonds. The molecule has 174 valence electrons. The number of rotatable bonds is 8. The molecule has 1 aliphatic rings. The average molecular weight is 449 g/mol. The summed E-state index contributed by atoms with van der Waals surface area (Å²) >= 11 is 0. The molecule has 33 heavy (non-hydrogen) atoms. The highest BCUT2D eigenvalue weighted by Crippen LogP contribution is 2.39. The van der Waals surface area contributed by atoms with E-state index in [0.29, 0.717) is 41.5 Å². The Kier molecular flexibility index (Phi) is 7.33. The SMILES string of the molecule is CC1=CC(CN(C)Cc2cccnc2)C(C(C)C)CC1Cc1nnc(-c2ccccc2F)o1. The lowest BCUT2D eigenvalue weighted by Gasteiger charge is -2.38. The number of hydrogen-bond acceptors (Lipinski definition) is 5. The summed E-state index contributed by atoms with van der Waals surface area (Å²) in [4.78, 5) is 6.62. The fourth-order valence-electron chi connectivity index (χ4n) is 5.00. The van der Waals surface area contributed by atoms with Gasteiger partial charge in [-0.15, -0.1) is 10.2 Å². The zero-order valence-corrected chi connectivity index (χ0v) is 19.9. The molecule has 0 aliphatic heterocycles. The highest BCUT2D eigenvalue weighted by Gasteiger charge is 2.33. The molecule has 0 bridgehead atoms.